The van der Waals surface area contributed by atoms with Crippen LogP contribution in [0.1, 0.15) is 25.7 Å². The second kappa shape index (κ2) is 4.36. The molecule has 2 heterocycles. The highest BCUT2D eigenvalue weighted by molar-refractivity contribution is 5.84. The van der Waals surface area contributed by atoms with Gasteiger partial charge in [-0.3, -0.25) is 4.79 Å². The summed E-state index contributed by atoms with van der Waals surface area (Å²) in [6.07, 6.45) is -1.30. The van der Waals surface area contributed by atoms with Crippen molar-refractivity contribution in [2.75, 3.05) is 26.2 Å². The van der Waals surface area contributed by atoms with Crippen molar-refractivity contribution < 1.29 is 18.0 Å². The van der Waals surface area contributed by atoms with Gasteiger partial charge < -0.3 is 10.2 Å². The number of halogens is 3. The number of carbonyl (C=O) groups is 1. The van der Waals surface area contributed by atoms with Crippen LogP contribution in [0.4, 0.5) is 13.2 Å². The van der Waals surface area contributed by atoms with Crippen molar-refractivity contribution in [1.29, 1.82) is 0 Å². The van der Waals surface area contributed by atoms with Crippen molar-refractivity contribution >= 4 is 5.91 Å². The number of hydrogen-bond donors (Lipinski definition) is 1. The second-order valence-corrected chi connectivity index (χ2v) is 6.17. The van der Waals surface area contributed by atoms with Gasteiger partial charge >= 0.3 is 6.18 Å². The molecule has 19 heavy (non-hydrogen) atoms. The Hall–Kier alpha value is -0.780. The molecule has 3 unspecified atom stereocenters. The molecule has 108 valence electrons. The third kappa shape index (κ3) is 1.95. The first-order chi connectivity index (χ1) is 8.94. The van der Waals surface area contributed by atoms with E-state index in [1.54, 1.807) is 0 Å². The van der Waals surface area contributed by atoms with E-state index in [2.05, 4.69) is 5.32 Å². The molecule has 3 fully saturated rings. The summed E-state index contributed by atoms with van der Waals surface area (Å²) in [5, 5.41) is 2.71. The molecule has 0 aromatic heterocycles. The van der Waals surface area contributed by atoms with Gasteiger partial charge in [0.1, 0.15) is 0 Å². The van der Waals surface area contributed by atoms with Crippen molar-refractivity contribution in [1.82, 2.24) is 10.2 Å². The van der Waals surface area contributed by atoms with Gasteiger partial charge in [-0.05, 0) is 37.6 Å². The predicted molar refractivity (Wildman–Crippen MR) is 63.4 cm³/mol. The molecule has 3 atom stereocenters. The highest BCUT2D eigenvalue weighted by Crippen LogP contribution is 2.46. The molecular formula is C13H19F3N2O. The number of nitrogens with one attached hydrogen (secondary N) is 1. The Morgan fingerprint density at radius 1 is 1.21 bits per heavy atom. The van der Waals surface area contributed by atoms with Crippen LogP contribution in [0.3, 0.4) is 0 Å². The molecule has 0 aromatic rings. The summed E-state index contributed by atoms with van der Waals surface area (Å²) in [5.74, 6) is 0.173. The summed E-state index contributed by atoms with van der Waals surface area (Å²) in [4.78, 5) is 13.9. The number of fused-ring (bicyclic) bond motifs is 1. The molecule has 1 aliphatic carbocycles. The second-order valence-electron chi connectivity index (χ2n) is 6.17. The van der Waals surface area contributed by atoms with Crippen LogP contribution in [-0.4, -0.2) is 43.2 Å². The average Bonchev–Trinajstić information content (AvgIpc) is 3.02. The van der Waals surface area contributed by atoms with Crippen molar-refractivity contribution in [3.63, 3.8) is 0 Å². The molecule has 2 aliphatic heterocycles. The maximum atomic E-state index is 13.3. The van der Waals surface area contributed by atoms with Crippen LogP contribution in [0.25, 0.3) is 0 Å². The zero-order valence-electron chi connectivity index (χ0n) is 10.8. The zero-order valence-corrected chi connectivity index (χ0v) is 10.8. The first-order valence-corrected chi connectivity index (χ1v) is 7.01. The summed E-state index contributed by atoms with van der Waals surface area (Å²) < 4.78 is 40.0. The van der Waals surface area contributed by atoms with Crippen molar-refractivity contribution in [3.8, 4) is 0 Å². The van der Waals surface area contributed by atoms with Gasteiger partial charge in [0.05, 0.1) is 0 Å². The van der Waals surface area contributed by atoms with Gasteiger partial charge in [-0.15, -0.1) is 0 Å². The predicted octanol–water partition coefficient (Wildman–Crippen LogP) is 1.79. The lowest BCUT2D eigenvalue weighted by atomic mass is 9.84. The summed E-state index contributed by atoms with van der Waals surface area (Å²) in [5.41, 5.74) is -2.17. The summed E-state index contributed by atoms with van der Waals surface area (Å²) in [7, 11) is 0. The van der Waals surface area contributed by atoms with E-state index >= 15 is 0 Å². The minimum Gasteiger partial charge on any atom is -0.341 e. The Kier molecular flexibility index (Phi) is 3.04. The molecule has 1 amide bonds. The van der Waals surface area contributed by atoms with Gasteiger partial charge in [-0.2, -0.15) is 13.2 Å². The number of likely N-dealkylation sites (tertiary alicyclic amines) is 1. The maximum absolute atomic E-state index is 13.3. The molecule has 0 aromatic carbocycles. The van der Waals surface area contributed by atoms with Crippen LogP contribution in [0.2, 0.25) is 0 Å². The third-order valence-corrected chi connectivity index (χ3v) is 5.12. The van der Waals surface area contributed by atoms with E-state index < -0.39 is 17.5 Å². The lowest BCUT2D eigenvalue weighted by molar-refractivity contribution is -0.221. The highest BCUT2D eigenvalue weighted by atomic mass is 19.4. The molecular weight excluding hydrogens is 257 g/mol. The number of alkyl halides is 3. The van der Waals surface area contributed by atoms with Crippen LogP contribution >= 0.6 is 0 Å². The standard InChI is InChI=1S/C13H19F3N2O/c14-13(15,16)12(4-5-17-8-12)11(19)18-6-9-2-1-3-10(9)7-18/h9-10,17H,1-8H2. The molecule has 0 radical (unpaired) electrons. The molecule has 0 bridgehead atoms. The normalized spacial score (nSPS) is 38.8. The van der Waals surface area contributed by atoms with Gasteiger partial charge in [-0.1, -0.05) is 6.42 Å². The lowest BCUT2D eigenvalue weighted by Crippen LogP contribution is -2.53. The molecule has 1 saturated carbocycles. The lowest BCUT2D eigenvalue weighted by Gasteiger charge is -2.33. The summed E-state index contributed by atoms with van der Waals surface area (Å²) >= 11 is 0. The highest BCUT2D eigenvalue weighted by Gasteiger charge is 2.63. The third-order valence-electron chi connectivity index (χ3n) is 5.12. The Labute approximate surface area is 110 Å². The van der Waals surface area contributed by atoms with E-state index in [1.807, 2.05) is 0 Å². The molecule has 2 saturated heterocycles. The molecule has 3 nitrogen and oxygen atoms in total. The Morgan fingerprint density at radius 3 is 2.32 bits per heavy atom. The van der Waals surface area contributed by atoms with Crippen LogP contribution < -0.4 is 5.32 Å². The van der Waals surface area contributed by atoms with Crippen LogP contribution in [0, 0.1) is 17.3 Å². The van der Waals surface area contributed by atoms with Crippen LogP contribution in [0.5, 0.6) is 0 Å². The SMILES string of the molecule is O=C(N1CC2CCCC2C1)C1(C(F)(F)F)CCNC1. The number of carbonyl (C=O) groups excluding carboxylic acids is 1. The number of nitrogens with zero attached hydrogens (tertiary/aromatic N) is 1. The monoisotopic (exact) mass is 276 g/mol. The first-order valence-electron chi connectivity index (χ1n) is 7.01. The number of rotatable bonds is 1. The van der Waals surface area contributed by atoms with Crippen molar-refractivity contribution in [2.45, 2.75) is 31.9 Å². The van der Waals surface area contributed by atoms with Gasteiger partial charge in [0.2, 0.25) is 5.91 Å². The van der Waals surface area contributed by atoms with E-state index in [0.29, 0.717) is 24.9 Å². The summed E-state index contributed by atoms with van der Waals surface area (Å²) in [6.45, 7) is 1.07. The molecule has 1 N–H and O–H groups in total. The number of hydrogen-bond acceptors (Lipinski definition) is 2. The van der Waals surface area contributed by atoms with Gasteiger partial charge in [0, 0.05) is 19.6 Å². The quantitative estimate of drug-likeness (QED) is 0.792. The van der Waals surface area contributed by atoms with Crippen molar-refractivity contribution in [2.24, 2.45) is 17.3 Å². The average molecular weight is 276 g/mol. The molecule has 3 rings (SSSR count). The zero-order chi connectivity index (χ0) is 13.7. The fourth-order valence-corrected chi connectivity index (χ4v) is 3.94. The van der Waals surface area contributed by atoms with E-state index in [1.165, 1.54) is 4.90 Å². The minimum atomic E-state index is -4.45. The fourth-order valence-electron chi connectivity index (χ4n) is 3.94. The Balaban J connectivity index is 1.79. The van der Waals surface area contributed by atoms with Crippen molar-refractivity contribution in [3.05, 3.63) is 0 Å². The van der Waals surface area contributed by atoms with Crippen LogP contribution in [0.15, 0.2) is 0 Å². The van der Waals surface area contributed by atoms with E-state index in [0.717, 1.165) is 19.3 Å². The molecule has 3 aliphatic rings. The van der Waals surface area contributed by atoms with E-state index in [9.17, 15) is 18.0 Å². The maximum Gasteiger partial charge on any atom is 0.404 e. The summed E-state index contributed by atoms with van der Waals surface area (Å²) in [6, 6.07) is 0. The molecule has 6 heteroatoms. The van der Waals surface area contributed by atoms with E-state index in [4.69, 9.17) is 0 Å². The smallest absolute Gasteiger partial charge is 0.341 e. The van der Waals surface area contributed by atoms with E-state index in [-0.39, 0.29) is 19.5 Å². The topological polar surface area (TPSA) is 32.3 Å². The molecule has 0 spiro atoms. The van der Waals surface area contributed by atoms with Gasteiger partial charge in [0.25, 0.3) is 0 Å². The Morgan fingerprint density at radius 2 is 1.84 bits per heavy atom. The number of amides is 1. The Bertz CT molecular complexity index is 365. The van der Waals surface area contributed by atoms with Gasteiger partial charge in [-0.25, -0.2) is 0 Å². The fraction of sp³-hybridized carbons (Fsp3) is 0.923. The minimum absolute atomic E-state index is 0.124. The van der Waals surface area contributed by atoms with Crippen LogP contribution in [-0.2, 0) is 4.79 Å². The first kappa shape index (κ1) is 13.2. The van der Waals surface area contributed by atoms with Gasteiger partial charge in [0.15, 0.2) is 5.41 Å². The largest absolute Gasteiger partial charge is 0.404 e.